The third-order valence-electron chi connectivity index (χ3n) is 2.75. The van der Waals surface area contributed by atoms with Crippen LogP contribution in [0.15, 0.2) is 42.9 Å². The molecular weight excluding hydrogens is 248 g/mol. The molecule has 5 heteroatoms. The number of anilines is 3. The smallest absolute Gasteiger partial charge is 0.0804 e. The molecule has 1 aromatic carbocycles. The molecule has 0 aliphatic carbocycles. The van der Waals surface area contributed by atoms with Gasteiger partial charge in [-0.2, -0.15) is 0 Å². The number of nitrogens with two attached hydrogens (primary N) is 1. The van der Waals surface area contributed by atoms with Gasteiger partial charge in [0, 0.05) is 23.5 Å². The summed E-state index contributed by atoms with van der Waals surface area (Å²) in [6.07, 6.45) is 5.20. The van der Waals surface area contributed by atoms with Crippen molar-refractivity contribution in [2.45, 2.75) is 0 Å². The van der Waals surface area contributed by atoms with Crippen LogP contribution in [0, 0.1) is 0 Å². The number of nitrogen functional groups attached to an aromatic ring is 1. The lowest BCUT2D eigenvalue weighted by atomic mass is 10.2. The predicted molar refractivity (Wildman–Crippen MR) is 75.2 cm³/mol. The van der Waals surface area contributed by atoms with Crippen molar-refractivity contribution in [3.8, 4) is 0 Å². The number of fused-ring (bicyclic) bond motifs is 1. The third-order valence-corrected chi connectivity index (χ3v) is 3.04. The molecule has 0 spiro atoms. The fourth-order valence-electron chi connectivity index (χ4n) is 1.86. The lowest BCUT2D eigenvalue weighted by Crippen LogP contribution is -1.96. The van der Waals surface area contributed by atoms with E-state index >= 15 is 0 Å². The highest BCUT2D eigenvalue weighted by atomic mass is 35.5. The molecule has 3 aromatic rings. The zero-order valence-corrected chi connectivity index (χ0v) is 10.2. The molecule has 3 rings (SSSR count). The van der Waals surface area contributed by atoms with Crippen molar-refractivity contribution in [2.24, 2.45) is 0 Å². The predicted octanol–water partition coefficient (Wildman–Crippen LogP) is 3.54. The number of pyridine rings is 1. The van der Waals surface area contributed by atoms with Crippen LogP contribution in [0.5, 0.6) is 0 Å². The standard InChI is InChI=1S/C13H11ClN4/c14-10-6-9(5-8-1-4-17-13(8)10)18-12-7-16-3-2-11(12)15/h1-7,17-18H,(H2,15,16). The largest absolute Gasteiger partial charge is 0.397 e. The van der Waals surface area contributed by atoms with Crippen LogP contribution in [-0.2, 0) is 0 Å². The van der Waals surface area contributed by atoms with Crippen LogP contribution >= 0.6 is 11.6 Å². The number of nitrogens with zero attached hydrogens (tertiary/aromatic N) is 1. The van der Waals surface area contributed by atoms with Gasteiger partial charge in [0.25, 0.3) is 0 Å². The minimum Gasteiger partial charge on any atom is -0.397 e. The van der Waals surface area contributed by atoms with Gasteiger partial charge in [-0.05, 0) is 24.3 Å². The first-order valence-corrected chi connectivity index (χ1v) is 5.85. The number of hydrogen-bond donors (Lipinski definition) is 3. The number of rotatable bonds is 2. The molecule has 0 bridgehead atoms. The van der Waals surface area contributed by atoms with Crippen LogP contribution in [0.1, 0.15) is 0 Å². The molecule has 2 aromatic heterocycles. The maximum absolute atomic E-state index is 6.19. The van der Waals surface area contributed by atoms with E-state index in [1.807, 2.05) is 24.4 Å². The molecule has 0 aliphatic heterocycles. The fourth-order valence-corrected chi connectivity index (χ4v) is 2.14. The number of benzene rings is 1. The van der Waals surface area contributed by atoms with E-state index in [0.29, 0.717) is 10.7 Å². The van der Waals surface area contributed by atoms with E-state index < -0.39 is 0 Å². The second kappa shape index (κ2) is 4.23. The van der Waals surface area contributed by atoms with Crippen LogP contribution in [0.2, 0.25) is 5.02 Å². The first-order chi connectivity index (χ1) is 8.74. The van der Waals surface area contributed by atoms with Crippen LogP contribution < -0.4 is 11.1 Å². The van der Waals surface area contributed by atoms with Crippen molar-refractivity contribution in [1.29, 1.82) is 0 Å². The highest BCUT2D eigenvalue weighted by Gasteiger charge is 2.05. The second-order valence-corrected chi connectivity index (χ2v) is 4.40. The Hall–Kier alpha value is -2.20. The molecule has 90 valence electrons. The zero-order chi connectivity index (χ0) is 12.5. The topological polar surface area (TPSA) is 66.7 Å². The minimum atomic E-state index is 0.648. The summed E-state index contributed by atoms with van der Waals surface area (Å²) >= 11 is 6.19. The van der Waals surface area contributed by atoms with E-state index in [-0.39, 0.29) is 0 Å². The van der Waals surface area contributed by atoms with Gasteiger partial charge in [-0.25, -0.2) is 0 Å². The van der Waals surface area contributed by atoms with E-state index in [2.05, 4.69) is 15.3 Å². The first-order valence-electron chi connectivity index (χ1n) is 5.47. The molecule has 0 fully saturated rings. The number of aromatic nitrogens is 2. The first kappa shape index (κ1) is 10.9. The number of H-pyrrole nitrogens is 1. The Kier molecular flexibility index (Phi) is 2.57. The molecule has 0 saturated heterocycles. The van der Waals surface area contributed by atoms with Gasteiger partial charge in [-0.1, -0.05) is 11.6 Å². The summed E-state index contributed by atoms with van der Waals surface area (Å²) in [5.74, 6) is 0. The summed E-state index contributed by atoms with van der Waals surface area (Å²) in [6, 6.07) is 7.58. The Bertz CT molecular complexity index is 705. The Labute approximate surface area is 109 Å². The second-order valence-electron chi connectivity index (χ2n) is 3.99. The Morgan fingerprint density at radius 2 is 2.17 bits per heavy atom. The number of nitrogens with one attached hydrogen (secondary N) is 2. The van der Waals surface area contributed by atoms with Gasteiger partial charge >= 0.3 is 0 Å². The van der Waals surface area contributed by atoms with E-state index in [1.165, 1.54) is 0 Å². The lowest BCUT2D eigenvalue weighted by molar-refractivity contribution is 1.32. The van der Waals surface area contributed by atoms with Crippen LogP contribution in [0.4, 0.5) is 17.1 Å². The maximum atomic E-state index is 6.19. The molecule has 4 N–H and O–H groups in total. The molecule has 18 heavy (non-hydrogen) atoms. The number of aromatic amines is 1. The summed E-state index contributed by atoms with van der Waals surface area (Å²) in [4.78, 5) is 7.13. The highest BCUT2D eigenvalue weighted by molar-refractivity contribution is 6.35. The van der Waals surface area contributed by atoms with Crippen molar-refractivity contribution < 1.29 is 0 Å². The van der Waals surface area contributed by atoms with Gasteiger partial charge in [0.05, 0.1) is 28.1 Å². The summed E-state index contributed by atoms with van der Waals surface area (Å²) in [5, 5.41) is 4.93. The van der Waals surface area contributed by atoms with Gasteiger partial charge in [-0.3, -0.25) is 4.98 Å². The van der Waals surface area contributed by atoms with Gasteiger partial charge in [0.2, 0.25) is 0 Å². The Morgan fingerprint density at radius 3 is 3.00 bits per heavy atom. The number of halogens is 1. The van der Waals surface area contributed by atoms with Crippen molar-refractivity contribution in [3.63, 3.8) is 0 Å². The summed E-state index contributed by atoms with van der Waals surface area (Å²) in [6.45, 7) is 0. The van der Waals surface area contributed by atoms with Crippen molar-refractivity contribution in [3.05, 3.63) is 47.9 Å². The number of hydrogen-bond acceptors (Lipinski definition) is 3. The SMILES string of the molecule is Nc1ccncc1Nc1cc(Cl)c2[nH]ccc2c1. The molecule has 4 nitrogen and oxygen atoms in total. The quantitative estimate of drug-likeness (QED) is 0.659. The van der Waals surface area contributed by atoms with E-state index in [4.69, 9.17) is 17.3 Å². The van der Waals surface area contributed by atoms with Crippen LogP contribution in [0.25, 0.3) is 10.9 Å². The highest BCUT2D eigenvalue weighted by Crippen LogP contribution is 2.29. The third kappa shape index (κ3) is 1.87. The molecule has 0 saturated carbocycles. The van der Waals surface area contributed by atoms with Gasteiger partial charge in [-0.15, -0.1) is 0 Å². The normalized spacial score (nSPS) is 10.7. The Morgan fingerprint density at radius 1 is 1.28 bits per heavy atom. The zero-order valence-electron chi connectivity index (χ0n) is 9.44. The molecule has 0 amide bonds. The molecule has 0 radical (unpaired) electrons. The average Bonchev–Trinajstić information content (AvgIpc) is 2.81. The molecule has 0 unspecified atom stereocenters. The molecule has 0 atom stereocenters. The average molecular weight is 259 g/mol. The maximum Gasteiger partial charge on any atom is 0.0804 e. The van der Waals surface area contributed by atoms with Gasteiger partial charge in [0.1, 0.15) is 0 Å². The van der Waals surface area contributed by atoms with Crippen molar-refractivity contribution in [2.75, 3.05) is 11.1 Å². The van der Waals surface area contributed by atoms with Crippen LogP contribution in [0.3, 0.4) is 0 Å². The summed E-state index contributed by atoms with van der Waals surface area (Å²) in [7, 11) is 0. The van der Waals surface area contributed by atoms with Crippen molar-refractivity contribution in [1.82, 2.24) is 9.97 Å². The van der Waals surface area contributed by atoms with Gasteiger partial charge in [0.15, 0.2) is 0 Å². The monoisotopic (exact) mass is 258 g/mol. The summed E-state index contributed by atoms with van der Waals surface area (Å²) < 4.78 is 0. The summed E-state index contributed by atoms with van der Waals surface area (Å²) in [5.41, 5.74) is 9.09. The van der Waals surface area contributed by atoms with E-state index in [9.17, 15) is 0 Å². The minimum absolute atomic E-state index is 0.648. The molecular formula is C13H11ClN4. The van der Waals surface area contributed by atoms with Crippen LogP contribution in [-0.4, -0.2) is 9.97 Å². The van der Waals surface area contributed by atoms with E-state index in [0.717, 1.165) is 22.3 Å². The lowest BCUT2D eigenvalue weighted by Gasteiger charge is -2.09. The Balaban J connectivity index is 2.02. The van der Waals surface area contributed by atoms with Crippen molar-refractivity contribution >= 4 is 39.6 Å². The van der Waals surface area contributed by atoms with E-state index in [1.54, 1.807) is 18.5 Å². The molecule has 0 aliphatic rings. The molecule has 2 heterocycles. The fraction of sp³-hybridized carbons (Fsp3) is 0. The van der Waals surface area contributed by atoms with Gasteiger partial charge < -0.3 is 16.0 Å².